The normalized spacial score (nSPS) is 21.2. The first-order chi connectivity index (χ1) is 6.88. The fraction of sp³-hybridized carbons (Fsp3) is 1.00. The fourth-order valence-corrected chi connectivity index (χ4v) is 2.12. The molecule has 15 heavy (non-hydrogen) atoms. The van der Waals surface area contributed by atoms with Crippen LogP contribution in [-0.2, 0) is 0 Å². The van der Waals surface area contributed by atoms with Crippen LogP contribution >= 0.6 is 0 Å². The smallest absolute Gasteiger partial charge is 0.00966 e. The average Bonchev–Trinajstić information content (AvgIpc) is 2.14. The summed E-state index contributed by atoms with van der Waals surface area (Å²) in [7, 11) is 0. The van der Waals surface area contributed by atoms with Crippen molar-refractivity contribution in [1.29, 1.82) is 0 Å². The van der Waals surface area contributed by atoms with Gasteiger partial charge in [0.05, 0.1) is 0 Å². The minimum atomic E-state index is 0.273. The largest absolute Gasteiger partial charge is 0.312 e. The van der Waals surface area contributed by atoms with Crippen LogP contribution in [0.2, 0.25) is 0 Å². The van der Waals surface area contributed by atoms with Crippen molar-refractivity contribution in [3.05, 3.63) is 0 Å². The predicted molar refractivity (Wildman–Crippen MR) is 67.2 cm³/mol. The second-order valence-electron chi connectivity index (χ2n) is 6.20. The van der Waals surface area contributed by atoms with E-state index in [2.05, 4.69) is 44.8 Å². The Morgan fingerprint density at radius 3 is 2.13 bits per heavy atom. The highest BCUT2D eigenvalue weighted by Gasteiger charge is 2.21. The molecule has 1 aliphatic heterocycles. The Morgan fingerprint density at radius 2 is 1.73 bits per heavy atom. The Bertz CT molecular complexity index is 173. The zero-order chi connectivity index (χ0) is 11.5. The molecule has 0 aliphatic carbocycles. The number of hydrogen-bond donors (Lipinski definition) is 1. The Labute approximate surface area is 95.4 Å². The molecule has 1 N–H and O–H groups in total. The molecule has 90 valence electrons. The lowest BCUT2D eigenvalue weighted by molar-refractivity contribution is 0.144. The standard InChI is InChI=1S/C13H28N2/c1-11(2)15-8-6-12(7-9-15)10-14-13(3,4)5/h11-12,14H,6-10H2,1-5H3. The predicted octanol–water partition coefficient (Wildman–Crippen LogP) is 2.49. The minimum absolute atomic E-state index is 0.273. The van der Waals surface area contributed by atoms with Gasteiger partial charge in [0.1, 0.15) is 0 Å². The zero-order valence-electron chi connectivity index (χ0n) is 11.1. The molecule has 0 atom stereocenters. The van der Waals surface area contributed by atoms with Crippen molar-refractivity contribution < 1.29 is 0 Å². The molecule has 0 aromatic carbocycles. The lowest BCUT2D eigenvalue weighted by Gasteiger charge is -2.35. The molecule has 1 aliphatic rings. The Kier molecular flexibility index (Phi) is 4.60. The van der Waals surface area contributed by atoms with Gasteiger partial charge in [-0.05, 0) is 73.0 Å². The van der Waals surface area contributed by atoms with Crippen LogP contribution in [0.15, 0.2) is 0 Å². The molecule has 2 heteroatoms. The zero-order valence-corrected chi connectivity index (χ0v) is 11.1. The first-order valence-corrected chi connectivity index (χ1v) is 6.37. The van der Waals surface area contributed by atoms with Crippen molar-refractivity contribution in [2.24, 2.45) is 5.92 Å². The summed E-state index contributed by atoms with van der Waals surface area (Å²) in [6.45, 7) is 15.1. The van der Waals surface area contributed by atoms with Gasteiger partial charge in [-0.25, -0.2) is 0 Å². The van der Waals surface area contributed by atoms with Crippen molar-refractivity contribution in [2.75, 3.05) is 19.6 Å². The van der Waals surface area contributed by atoms with Crippen LogP contribution in [0.25, 0.3) is 0 Å². The van der Waals surface area contributed by atoms with Gasteiger partial charge in [0.2, 0.25) is 0 Å². The van der Waals surface area contributed by atoms with Crippen molar-refractivity contribution in [2.45, 2.75) is 59.0 Å². The summed E-state index contributed by atoms with van der Waals surface area (Å²) in [4.78, 5) is 2.59. The van der Waals surface area contributed by atoms with Gasteiger partial charge in [-0.1, -0.05) is 0 Å². The highest BCUT2D eigenvalue weighted by Crippen LogP contribution is 2.18. The van der Waals surface area contributed by atoms with Gasteiger partial charge in [-0.2, -0.15) is 0 Å². The molecule has 2 nitrogen and oxygen atoms in total. The molecule has 0 spiro atoms. The van der Waals surface area contributed by atoms with E-state index in [1.165, 1.54) is 32.5 Å². The maximum Gasteiger partial charge on any atom is 0.00966 e. The van der Waals surface area contributed by atoms with E-state index in [0.717, 1.165) is 12.0 Å². The summed E-state index contributed by atoms with van der Waals surface area (Å²) in [5.41, 5.74) is 0.273. The summed E-state index contributed by atoms with van der Waals surface area (Å²) in [6.07, 6.45) is 2.72. The van der Waals surface area contributed by atoms with E-state index in [1.807, 2.05) is 0 Å². The quantitative estimate of drug-likeness (QED) is 0.773. The summed E-state index contributed by atoms with van der Waals surface area (Å²) in [6, 6.07) is 0.724. The molecule has 0 radical (unpaired) electrons. The van der Waals surface area contributed by atoms with Crippen LogP contribution in [0.4, 0.5) is 0 Å². The van der Waals surface area contributed by atoms with Gasteiger partial charge in [-0.15, -0.1) is 0 Å². The monoisotopic (exact) mass is 212 g/mol. The third-order valence-corrected chi connectivity index (χ3v) is 3.30. The molecule has 1 heterocycles. The Morgan fingerprint density at radius 1 is 1.20 bits per heavy atom. The van der Waals surface area contributed by atoms with Gasteiger partial charge < -0.3 is 10.2 Å². The molecule has 0 aromatic heterocycles. The van der Waals surface area contributed by atoms with E-state index in [0.29, 0.717) is 0 Å². The van der Waals surface area contributed by atoms with E-state index >= 15 is 0 Å². The van der Waals surface area contributed by atoms with Gasteiger partial charge in [-0.3, -0.25) is 0 Å². The third kappa shape index (κ3) is 4.98. The maximum atomic E-state index is 3.62. The number of nitrogens with zero attached hydrogens (tertiary/aromatic N) is 1. The number of hydrogen-bond acceptors (Lipinski definition) is 2. The van der Waals surface area contributed by atoms with Crippen molar-refractivity contribution in [3.8, 4) is 0 Å². The van der Waals surface area contributed by atoms with E-state index in [1.54, 1.807) is 0 Å². The molecule has 0 aromatic rings. The SMILES string of the molecule is CC(C)N1CCC(CNC(C)(C)C)CC1. The highest BCUT2D eigenvalue weighted by molar-refractivity contribution is 4.78. The fourth-order valence-electron chi connectivity index (χ4n) is 2.12. The average molecular weight is 212 g/mol. The molecule has 1 fully saturated rings. The van der Waals surface area contributed by atoms with E-state index in [-0.39, 0.29) is 5.54 Å². The van der Waals surface area contributed by atoms with E-state index in [4.69, 9.17) is 0 Å². The van der Waals surface area contributed by atoms with E-state index in [9.17, 15) is 0 Å². The number of rotatable bonds is 3. The summed E-state index contributed by atoms with van der Waals surface area (Å²) < 4.78 is 0. The molecule has 0 bridgehead atoms. The van der Waals surface area contributed by atoms with Crippen LogP contribution in [0.1, 0.15) is 47.5 Å². The van der Waals surface area contributed by atoms with Crippen LogP contribution in [0.3, 0.4) is 0 Å². The molecule has 1 saturated heterocycles. The first kappa shape index (κ1) is 13.0. The van der Waals surface area contributed by atoms with Crippen molar-refractivity contribution in [1.82, 2.24) is 10.2 Å². The topological polar surface area (TPSA) is 15.3 Å². The molecule has 0 saturated carbocycles. The van der Waals surface area contributed by atoms with Crippen molar-refractivity contribution in [3.63, 3.8) is 0 Å². The van der Waals surface area contributed by atoms with Crippen LogP contribution in [-0.4, -0.2) is 36.1 Å². The minimum Gasteiger partial charge on any atom is -0.312 e. The number of nitrogens with one attached hydrogen (secondary N) is 1. The van der Waals surface area contributed by atoms with Gasteiger partial charge in [0.15, 0.2) is 0 Å². The second-order valence-corrected chi connectivity index (χ2v) is 6.20. The summed E-state index contributed by atoms with van der Waals surface area (Å²) in [5, 5.41) is 3.62. The number of likely N-dealkylation sites (tertiary alicyclic amines) is 1. The second kappa shape index (κ2) is 5.31. The third-order valence-electron chi connectivity index (χ3n) is 3.30. The molecule has 1 rings (SSSR count). The lowest BCUT2D eigenvalue weighted by atomic mass is 9.95. The maximum absolute atomic E-state index is 3.62. The van der Waals surface area contributed by atoms with Crippen LogP contribution in [0, 0.1) is 5.92 Å². The first-order valence-electron chi connectivity index (χ1n) is 6.37. The summed E-state index contributed by atoms with van der Waals surface area (Å²) in [5.74, 6) is 0.888. The lowest BCUT2D eigenvalue weighted by Crippen LogP contribution is -2.44. The van der Waals surface area contributed by atoms with E-state index < -0.39 is 0 Å². The molecule has 0 unspecified atom stereocenters. The Balaban J connectivity index is 2.20. The molecule has 0 amide bonds. The van der Waals surface area contributed by atoms with Gasteiger partial charge in [0, 0.05) is 11.6 Å². The molecular weight excluding hydrogens is 184 g/mol. The Hall–Kier alpha value is -0.0800. The number of piperidine rings is 1. The van der Waals surface area contributed by atoms with Crippen LogP contribution in [0.5, 0.6) is 0 Å². The molecular formula is C13H28N2. The highest BCUT2D eigenvalue weighted by atomic mass is 15.1. The van der Waals surface area contributed by atoms with Crippen LogP contribution < -0.4 is 5.32 Å². The van der Waals surface area contributed by atoms with Gasteiger partial charge >= 0.3 is 0 Å². The van der Waals surface area contributed by atoms with Gasteiger partial charge in [0.25, 0.3) is 0 Å². The summed E-state index contributed by atoms with van der Waals surface area (Å²) >= 11 is 0. The van der Waals surface area contributed by atoms with Crippen molar-refractivity contribution >= 4 is 0 Å².